The normalized spacial score (nSPS) is 14.8. The molecule has 0 bridgehead atoms. The molecule has 0 aromatic heterocycles. The summed E-state index contributed by atoms with van der Waals surface area (Å²) in [5.41, 5.74) is 6.93. The molecular weight excluding hydrogens is 420 g/mol. The number of carbonyl (C=O) groups excluding carboxylic acids is 1. The summed E-state index contributed by atoms with van der Waals surface area (Å²) < 4.78 is 17.2. The van der Waals surface area contributed by atoms with Gasteiger partial charge in [-0.15, -0.1) is 0 Å². The first-order valence-electron chi connectivity index (χ1n) is 11.8. The second-order valence-corrected chi connectivity index (χ2v) is 8.43. The summed E-state index contributed by atoms with van der Waals surface area (Å²) in [4.78, 5) is 11.1. The molecule has 0 aliphatic heterocycles. The van der Waals surface area contributed by atoms with Crippen LogP contribution in [-0.2, 0) is 11.2 Å². The van der Waals surface area contributed by atoms with Crippen LogP contribution in [0.25, 0.3) is 0 Å². The van der Waals surface area contributed by atoms with Crippen LogP contribution in [0.1, 0.15) is 48.0 Å². The highest BCUT2D eigenvalue weighted by molar-refractivity contribution is 5.92. The van der Waals surface area contributed by atoms with Crippen molar-refractivity contribution < 1.29 is 24.1 Å². The summed E-state index contributed by atoms with van der Waals surface area (Å²) in [5, 5.41) is 13.2. The van der Waals surface area contributed by atoms with Gasteiger partial charge in [0.15, 0.2) is 0 Å². The Hall–Kier alpha value is -2.61. The number of aliphatic hydroxyl groups excluding tert-OH is 1. The number of amides is 1. The Balaban J connectivity index is 1.22. The Labute approximate surface area is 196 Å². The van der Waals surface area contributed by atoms with E-state index in [0.29, 0.717) is 37.1 Å². The van der Waals surface area contributed by atoms with Gasteiger partial charge in [0.2, 0.25) is 5.91 Å². The van der Waals surface area contributed by atoms with Crippen LogP contribution in [0.15, 0.2) is 48.5 Å². The van der Waals surface area contributed by atoms with E-state index < -0.39 is 12.0 Å². The van der Waals surface area contributed by atoms with Crippen molar-refractivity contribution in [2.24, 2.45) is 5.73 Å². The summed E-state index contributed by atoms with van der Waals surface area (Å²) in [6, 6.07) is 14.7. The highest BCUT2D eigenvalue weighted by Crippen LogP contribution is 2.21. The SMILES string of the molecule is NC(=O)c1ccc(OCCNC[C@H](O)COc2ccc(CCCOC3CCCC3)cc2)cc1. The van der Waals surface area contributed by atoms with Gasteiger partial charge in [0.05, 0.1) is 6.10 Å². The topological polar surface area (TPSA) is 103 Å². The standard InChI is InChI=1S/C26H36N2O5/c27-26(30)21-9-13-24(14-10-21)32-17-15-28-18-22(29)19-33-25-11-7-20(8-12-25)4-3-16-31-23-5-1-2-6-23/h7-14,22-23,28-29H,1-6,15-19H2,(H2,27,30)/t22-/m0/s1. The van der Waals surface area contributed by atoms with E-state index in [9.17, 15) is 9.90 Å². The third-order valence-corrected chi connectivity index (χ3v) is 5.70. The van der Waals surface area contributed by atoms with Crippen LogP contribution in [-0.4, -0.2) is 56.1 Å². The van der Waals surface area contributed by atoms with Gasteiger partial charge in [0.25, 0.3) is 0 Å². The molecule has 1 amide bonds. The Kier molecular flexibility index (Phi) is 10.5. The first-order valence-corrected chi connectivity index (χ1v) is 11.8. The van der Waals surface area contributed by atoms with Crippen molar-refractivity contribution in [1.29, 1.82) is 0 Å². The van der Waals surface area contributed by atoms with Gasteiger partial charge in [-0.05, 0) is 67.6 Å². The van der Waals surface area contributed by atoms with Crippen molar-refractivity contribution in [3.8, 4) is 11.5 Å². The molecule has 0 unspecified atom stereocenters. The fraction of sp³-hybridized carbons (Fsp3) is 0.500. The minimum absolute atomic E-state index is 0.219. The highest BCUT2D eigenvalue weighted by Gasteiger charge is 2.14. The summed E-state index contributed by atoms with van der Waals surface area (Å²) in [7, 11) is 0. The first-order chi connectivity index (χ1) is 16.1. The fourth-order valence-corrected chi connectivity index (χ4v) is 3.81. The van der Waals surface area contributed by atoms with E-state index in [4.69, 9.17) is 19.9 Å². The number of primary amides is 1. The number of nitrogens with two attached hydrogens (primary N) is 1. The highest BCUT2D eigenvalue weighted by atomic mass is 16.5. The van der Waals surface area contributed by atoms with Crippen LogP contribution in [0.4, 0.5) is 0 Å². The fourth-order valence-electron chi connectivity index (χ4n) is 3.81. The number of ether oxygens (including phenoxy) is 3. The molecule has 7 nitrogen and oxygen atoms in total. The molecule has 180 valence electrons. The number of hydrogen-bond acceptors (Lipinski definition) is 6. The van der Waals surface area contributed by atoms with Crippen molar-refractivity contribution in [2.75, 3.05) is 32.9 Å². The van der Waals surface area contributed by atoms with Gasteiger partial charge in [-0.3, -0.25) is 4.79 Å². The molecule has 1 fully saturated rings. The Morgan fingerprint density at radius 2 is 1.67 bits per heavy atom. The van der Waals surface area contributed by atoms with Crippen LogP contribution in [0.3, 0.4) is 0 Å². The van der Waals surface area contributed by atoms with Crippen LogP contribution < -0.4 is 20.5 Å². The van der Waals surface area contributed by atoms with Crippen molar-refractivity contribution >= 4 is 5.91 Å². The number of rotatable bonds is 15. The van der Waals surface area contributed by atoms with Gasteiger partial charge in [0.1, 0.15) is 30.8 Å². The number of hydrogen-bond donors (Lipinski definition) is 3. The number of carbonyl (C=O) groups is 1. The first kappa shape index (κ1) is 25.0. The molecule has 1 atom stereocenters. The van der Waals surface area contributed by atoms with Gasteiger partial charge in [0, 0.05) is 25.3 Å². The third kappa shape index (κ3) is 9.42. The summed E-state index contributed by atoms with van der Waals surface area (Å²) in [6.07, 6.45) is 6.94. The molecule has 2 aromatic rings. The Morgan fingerprint density at radius 3 is 2.36 bits per heavy atom. The zero-order valence-electron chi connectivity index (χ0n) is 19.2. The summed E-state index contributed by atoms with van der Waals surface area (Å²) in [6.45, 7) is 2.47. The second-order valence-electron chi connectivity index (χ2n) is 8.43. The van der Waals surface area contributed by atoms with Crippen LogP contribution in [0.2, 0.25) is 0 Å². The van der Waals surface area contributed by atoms with E-state index in [1.54, 1.807) is 24.3 Å². The van der Waals surface area contributed by atoms with Gasteiger partial charge in [-0.25, -0.2) is 0 Å². The molecule has 4 N–H and O–H groups in total. The molecule has 33 heavy (non-hydrogen) atoms. The van der Waals surface area contributed by atoms with Gasteiger partial charge < -0.3 is 30.4 Å². The number of aliphatic hydroxyl groups is 1. The molecule has 7 heteroatoms. The molecule has 0 radical (unpaired) electrons. The zero-order chi connectivity index (χ0) is 23.3. The number of nitrogens with one attached hydrogen (secondary N) is 1. The molecule has 1 aliphatic carbocycles. The molecular formula is C26H36N2O5. The smallest absolute Gasteiger partial charge is 0.248 e. The van der Waals surface area contributed by atoms with Crippen molar-refractivity contribution in [3.05, 3.63) is 59.7 Å². The van der Waals surface area contributed by atoms with E-state index in [0.717, 1.165) is 25.2 Å². The lowest BCUT2D eigenvalue weighted by Gasteiger charge is -2.14. The average Bonchev–Trinajstić information content (AvgIpc) is 3.35. The van der Waals surface area contributed by atoms with Gasteiger partial charge in [-0.2, -0.15) is 0 Å². The average molecular weight is 457 g/mol. The molecule has 0 spiro atoms. The minimum atomic E-state index is -0.618. The second kappa shape index (κ2) is 13.8. The van der Waals surface area contributed by atoms with Crippen molar-refractivity contribution in [3.63, 3.8) is 0 Å². The minimum Gasteiger partial charge on any atom is -0.492 e. The van der Waals surface area contributed by atoms with E-state index in [1.165, 1.54) is 31.2 Å². The predicted molar refractivity (Wildman–Crippen MR) is 128 cm³/mol. The lowest BCUT2D eigenvalue weighted by molar-refractivity contribution is 0.0569. The van der Waals surface area contributed by atoms with E-state index in [-0.39, 0.29) is 6.61 Å². The maximum atomic E-state index is 11.1. The molecule has 1 aliphatic rings. The van der Waals surface area contributed by atoms with Gasteiger partial charge in [-0.1, -0.05) is 25.0 Å². The lowest BCUT2D eigenvalue weighted by Crippen LogP contribution is -2.33. The lowest BCUT2D eigenvalue weighted by atomic mass is 10.1. The van der Waals surface area contributed by atoms with E-state index >= 15 is 0 Å². The molecule has 1 saturated carbocycles. The predicted octanol–water partition coefficient (Wildman–Crippen LogP) is 3.09. The summed E-state index contributed by atoms with van der Waals surface area (Å²) >= 11 is 0. The monoisotopic (exact) mass is 456 g/mol. The Morgan fingerprint density at radius 1 is 1.00 bits per heavy atom. The molecule has 2 aromatic carbocycles. The number of aryl methyl sites for hydroxylation is 1. The van der Waals surface area contributed by atoms with Crippen molar-refractivity contribution in [1.82, 2.24) is 5.32 Å². The molecule has 0 saturated heterocycles. The quantitative estimate of drug-likeness (QED) is 0.356. The molecule has 0 heterocycles. The van der Waals surface area contributed by atoms with Gasteiger partial charge >= 0.3 is 0 Å². The number of benzene rings is 2. The maximum absolute atomic E-state index is 11.1. The van der Waals surface area contributed by atoms with Crippen LogP contribution >= 0.6 is 0 Å². The third-order valence-electron chi connectivity index (χ3n) is 5.70. The van der Waals surface area contributed by atoms with E-state index in [2.05, 4.69) is 17.4 Å². The van der Waals surface area contributed by atoms with Crippen molar-refractivity contribution in [2.45, 2.75) is 50.7 Å². The van der Waals surface area contributed by atoms with Crippen LogP contribution in [0.5, 0.6) is 11.5 Å². The summed E-state index contributed by atoms with van der Waals surface area (Å²) in [5.74, 6) is 0.952. The molecule has 3 rings (SSSR count). The zero-order valence-corrected chi connectivity index (χ0v) is 19.2. The van der Waals surface area contributed by atoms with E-state index in [1.807, 2.05) is 12.1 Å². The maximum Gasteiger partial charge on any atom is 0.248 e. The van der Waals surface area contributed by atoms with Crippen LogP contribution in [0, 0.1) is 0 Å². The Bertz CT molecular complexity index is 820. The largest absolute Gasteiger partial charge is 0.492 e.